The Bertz CT molecular complexity index is 796. The van der Waals surface area contributed by atoms with Gasteiger partial charge in [-0.3, -0.25) is 4.68 Å². The molecular formula is C14H15N3O2. The third kappa shape index (κ3) is 1.62. The molecule has 2 N–H and O–H groups in total. The second kappa shape index (κ2) is 3.85. The maximum Gasteiger partial charge on any atom is 0.357 e. The summed E-state index contributed by atoms with van der Waals surface area (Å²) < 4.78 is 1.58. The number of benzene rings is 1. The highest BCUT2D eigenvalue weighted by Crippen LogP contribution is 2.30. The third-order valence-electron chi connectivity index (χ3n) is 3.48. The Morgan fingerprint density at radius 1 is 1.42 bits per heavy atom. The Kier molecular flexibility index (Phi) is 2.38. The molecule has 98 valence electrons. The number of H-pyrrole nitrogens is 1. The predicted octanol–water partition coefficient (Wildman–Crippen LogP) is 2.88. The van der Waals surface area contributed by atoms with Crippen molar-refractivity contribution in [1.82, 2.24) is 14.8 Å². The van der Waals surface area contributed by atoms with E-state index in [2.05, 4.69) is 30.0 Å². The summed E-state index contributed by atoms with van der Waals surface area (Å²) in [5.74, 6) is -0.597. The minimum atomic E-state index is -0.999. The minimum absolute atomic E-state index is 0.102. The molecule has 0 unspecified atom stereocenters. The monoisotopic (exact) mass is 257 g/mol. The zero-order valence-electron chi connectivity index (χ0n) is 11.1. The fraction of sp³-hybridized carbons (Fsp3) is 0.286. The van der Waals surface area contributed by atoms with Crippen LogP contribution in [0.3, 0.4) is 0 Å². The number of aromatic carboxylic acids is 1. The average molecular weight is 257 g/mol. The number of aromatic nitrogens is 3. The SMILES string of the molecule is CC(C)c1ccc2[nH]c3c(c(C(=O)O)nn3C)c2c1. The summed E-state index contributed by atoms with van der Waals surface area (Å²) in [6.07, 6.45) is 0. The summed E-state index contributed by atoms with van der Waals surface area (Å²) in [5.41, 5.74) is 2.97. The van der Waals surface area contributed by atoms with E-state index in [-0.39, 0.29) is 5.69 Å². The van der Waals surface area contributed by atoms with Crippen molar-refractivity contribution in [3.8, 4) is 0 Å². The standard InChI is InChI=1S/C14H15N3O2/c1-7(2)8-4-5-10-9(6-8)11-12(14(18)19)16-17(3)13(11)15-10/h4-7,15H,1-3H3,(H,18,19). The first-order valence-electron chi connectivity index (χ1n) is 6.20. The van der Waals surface area contributed by atoms with Crippen LogP contribution in [-0.4, -0.2) is 25.8 Å². The second-order valence-corrected chi connectivity index (χ2v) is 5.09. The van der Waals surface area contributed by atoms with E-state index in [1.54, 1.807) is 11.7 Å². The second-order valence-electron chi connectivity index (χ2n) is 5.09. The van der Waals surface area contributed by atoms with Gasteiger partial charge >= 0.3 is 5.97 Å². The maximum atomic E-state index is 11.3. The lowest BCUT2D eigenvalue weighted by Crippen LogP contribution is -2.00. The summed E-state index contributed by atoms with van der Waals surface area (Å²) in [7, 11) is 1.74. The number of hydrogen-bond acceptors (Lipinski definition) is 2. The number of carboxylic acid groups (broad SMARTS) is 1. The molecule has 2 aromatic heterocycles. The first kappa shape index (κ1) is 11.8. The number of aromatic amines is 1. The third-order valence-corrected chi connectivity index (χ3v) is 3.48. The maximum absolute atomic E-state index is 11.3. The summed E-state index contributed by atoms with van der Waals surface area (Å²) in [6, 6.07) is 6.11. The first-order valence-corrected chi connectivity index (χ1v) is 6.20. The number of carboxylic acids is 1. The molecule has 3 rings (SSSR count). The van der Waals surface area contributed by atoms with Crippen LogP contribution in [-0.2, 0) is 7.05 Å². The highest BCUT2D eigenvalue weighted by Gasteiger charge is 2.20. The number of nitrogens with one attached hydrogen (secondary N) is 1. The predicted molar refractivity (Wildman–Crippen MR) is 73.6 cm³/mol. The molecule has 1 aromatic carbocycles. The molecular weight excluding hydrogens is 242 g/mol. The fourth-order valence-corrected chi connectivity index (χ4v) is 2.44. The van der Waals surface area contributed by atoms with E-state index in [1.807, 2.05) is 12.1 Å². The van der Waals surface area contributed by atoms with Crippen molar-refractivity contribution < 1.29 is 9.90 Å². The van der Waals surface area contributed by atoms with Gasteiger partial charge in [0.25, 0.3) is 0 Å². The van der Waals surface area contributed by atoms with E-state index in [0.717, 1.165) is 16.6 Å². The Morgan fingerprint density at radius 3 is 2.79 bits per heavy atom. The molecule has 2 heterocycles. The minimum Gasteiger partial charge on any atom is -0.476 e. The molecule has 0 bridgehead atoms. The highest BCUT2D eigenvalue weighted by atomic mass is 16.4. The summed E-state index contributed by atoms with van der Waals surface area (Å²) in [5, 5.41) is 14.9. The van der Waals surface area contributed by atoms with E-state index in [1.165, 1.54) is 5.56 Å². The van der Waals surface area contributed by atoms with Gasteiger partial charge < -0.3 is 10.1 Å². The first-order chi connectivity index (χ1) is 8.99. The van der Waals surface area contributed by atoms with Crippen molar-refractivity contribution in [3.63, 3.8) is 0 Å². The topological polar surface area (TPSA) is 70.9 Å². The molecule has 5 heteroatoms. The lowest BCUT2D eigenvalue weighted by atomic mass is 10.0. The van der Waals surface area contributed by atoms with Gasteiger partial charge in [-0.2, -0.15) is 5.10 Å². The molecule has 0 aliphatic heterocycles. The smallest absolute Gasteiger partial charge is 0.357 e. The van der Waals surface area contributed by atoms with Crippen molar-refractivity contribution in [2.75, 3.05) is 0 Å². The molecule has 0 fully saturated rings. The number of hydrogen-bond donors (Lipinski definition) is 2. The molecule has 0 radical (unpaired) electrons. The molecule has 5 nitrogen and oxygen atoms in total. The molecule has 0 aliphatic rings. The molecule has 0 amide bonds. The van der Waals surface area contributed by atoms with Crippen LogP contribution in [0.1, 0.15) is 35.8 Å². The van der Waals surface area contributed by atoms with E-state index in [9.17, 15) is 9.90 Å². The number of aryl methyl sites for hydroxylation is 1. The average Bonchev–Trinajstić information content (AvgIpc) is 2.87. The van der Waals surface area contributed by atoms with E-state index < -0.39 is 5.97 Å². The Hall–Kier alpha value is -2.30. The van der Waals surface area contributed by atoms with E-state index >= 15 is 0 Å². The van der Waals surface area contributed by atoms with Gasteiger partial charge in [0.2, 0.25) is 0 Å². The largest absolute Gasteiger partial charge is 0.476 e. The van der Waals surface area contributed by atoms with Gasteiger partial charge in [-0.15, -0.1) is 0 Å². The van der Waals surface area contributed by atoms with Crippen molar-refractivity contribution in [1.29, 1.82) is 0 Å². The van der Waals surface area contributed by atoms with Crippen LogP contribution >= 0.6 is 0 Å². The van der Waals surface area contributed by atoms with Crippen molar-refractivity contribution >= 4 is 27.9 Å². The summed E-state index contributed by atoms with van der Waals surface area (Å²) in [4.78, 5) is 14.5. The van der Waals surface area contributed by atoms with Crippen molar-refractivity contribution in [2.24, 2.45) is 7.05 Å². The molecule has 3 aromatic rings. The molecule has 0 atom stereocenters. The Morgan fingerprint density at radius 2 is 2.16 bits per heavy atom. The van der Waals surface area contributed by atoms with Crippen LogP contribution in [0.5, 0.6) is 0 Å². The lowest BCUT2D eigenvalue weighted by Gasteiger charge is -2.04. The number of carbonyl (C=O) groups is 1. The van der Waals surface area contributed by atoms with E-state index in [0.29, 0.717) is 11.3 Å². The Labute approximate surface area is 109 Å². The summed E-state index contributed by atoms with van der Waals surface area (Å²) in [6.45, 7) is 4.23. The molecule has 0 spiro atoms. The van der Waals surface area contributed by atoms with Gasteiger partial charge in [0, 0.05) is 18.0 Å². The normalized spacial score (nSPS) is 11.8. The van der Waals surface area contributed by atoms with Gasteiger partial charge in [0.05, 0.1) is 5.39 Å². The van der Waals surface area contributed by atoms with Crippen LogP contribution in [0, 0.1) is 0 Å². The fourth-order valence-electron chi connectivity index (χ4n) is 2.44. The summed E-state index contributed by atoms with van der Waals surface area (Å²) >= 11 is 0. The zero-order valence-corrected chi connectivity index (χ0v) is 11.1. The molecule has 0 saturated heterocycles. The van der Waals surface area contributed by atoms with Gasteiger partial charge in [-0.25, -0.2) is 4.79 Å². The number of rotatable bonds is 2. The van der Waals surface area contributed by atoms with E-state index in [4.69, 9.17) is 0 Å². The molecule has 0 saturated carbocycles. The molecule has 19 heavy (non-hydrogen) atoms. The van der Waals surface area contributed by atoms with Crippen LogP contribution in [0.15, 0.2) is 18.2 Å². The van der Waals surface area contributed by atoms with Crippen LogP contribution < -0.4 is 0 Å². The van der Waals surface area contributed by atoms with Crippen LogP contribution in [0.25, 0.3) is 21.9 Å². The quantitative estimate of drug-likeness (QED) is 0.741. The molecule has 0 aliphatic carbocycles. The van der Waals surface area contributed by atoms with Crippen molar-refractivity contribution in [3.05, 3.63) is 29.5 Å². The highest BCUT2D eigenvalue weighted by molar-refractivity contribution is 6.14. The van der Waals surface area contributed by atoms with Crippen molar-refractivity contribution in [2.45, 2.75) is 19.8 Å². The van der Waals surface area contributed by atoms with Gasteiger partial charge in [-0.05, 0) is 23.6 Å². The number of nitrogens with zero attached hydrogens (tertiary/aromatic N) is 2. The zero-order chi connectivity index (χ0) is 13.7. The Balaban J connectivity index is 2.44. The van der Waals surface area contributed by atoms with Gasteiger partial charge in [0.1, 0.15) is 5.65 Å². The van der Waals surface area contributed by atoms with Gasteiger partial charge in [0.15, 0.2) is 5.69 Å². The van der Waals surface area contributed by atoms with Crippen LogP contribution in [0.2, 0.25) is 0 Å². The number of fused-ring (bicyclic) bond motifs is 3. The van der Waals surface area contributed by atoms with Crippen LogP contribution in [0.4, 0.5) is 0 Å². The lowest BCUT2D eigenvalue weighted by molar-refractivity contribution is 0.0691. The van der Waals surface area contributed by atoms with Gasteiger partial charge in [-0.1, -0.05) is 19.9 Å².